The second kappa shape index (κ2) is 5.42. The lowest BCUT2D eigenvalue weighted by Crippen LogP contribution is -2.05. The number of thiophene rings is 1. The number of ether oxygens (including phenoxy) is 1. The minimum Gasteiger partial charge on any atom is -0.462 e. The van der Waals surface area contributed by atoms with E-state index in [2.05, 4.69) is 0 Å². The summed E-state index contributed by atoms with van der Waals surface area (Å²) in [5, 5.41) is 1.15. The molecule has 0 fully saturated rings. The molecule has 0 saturated carbocycles. The van der Waals surface area contributed by atoms with Crippen LogP contribution in [0.1, 0.15) is 17.3 Å². The van der Waals surface area contributed by atoms with Crippen molar-refractivity contribution in [3.05, 3.63) is 40.9 Å². The molecule has 3 nitrogen and oxygen atoms in total. The first-order valence-corrected chi connectivity index (χ1v) is 6.63. The highest BCUT2D eigenvalue weighted by molar-refractivity contribution is 7.19. The molecule has 1 heterocycles. The Morgan fingerprint density at radius 3 is 2.67 bits per heavy atom. The van der Waals surface area contributed by atoms with Crippen LogP contribution in [0.4, 0.5) is 5.00 Å². The summed E-state index contributed by atoms with van der Waals surface area (Å²) in [5.74, 6) is -0.383. The number of benzene rings is 1. The summed E-state index contributed by atoms with van der Waals surface area (Å²) in [6, 6.07) is 9.14. The number of anilines is 1. The Morgan fingerprint density at radius 1 is 1.39 bits per heavy atom. The maximum Gasteiger partial charge on any atom is 0.341 e. The van der Waals surface area contributed by atoms with Gasteiger partial charge in [0.1, 0.15) is 5.00 Å². The van der Waals surface area contributed by atoms with E-state index < -0.39 is 0 Å². The fraction of sp³-hybridized carbons (Fsp3) is 0.154. The topological polar surface area (TPSA) is 52.3 Å². The molecule has 0 aliphatic rings. The molecule has 0 saturated heterocycles. The molecule has 0 unspecified atom stereocenters. The third-order valence-corrected chi connectivity index (χ3v) is 3.65. The van der Waals surface area contributed by atoms with Crippen molar-refractivity contribution in [3.63, 3.8) is 0 Å². The van der Waals surface area contributed by atoms with Crippen LogP contribution in [0.5, 0.6) is 0 Å². The van der Waals surface area contributed by atoms with Gasteiger partial charge in [0.2, 0.25) is 0 Å². The highest BCUT2D eigenvalue weighted by Gasteiger charge is 2.15. The van der Waals surface area contributed by atoms with E-state index in [9.17, 15) is 4.79 Å². The summed E-state index contributed by atoms with van der Waals surface area (Å²) in [7, 11) is 0. The van der Waals surface area contributed by atoms with E-state index in [1.165, 1.54) is 11.3 Å². The Morgan fingerprint density at radius 2 is 2.06 bits per heavy atom. The molecule has 1 aromatic heterocycles. The lowest BCUT2D eigenvalue weighted by atomic mass is 10.1. The van der Waals surface area contributed by atoms with Crippen LogP contribution in [0, 0.1) is 0 Å². The van der Waals surface area contributed by atoms with Gasteiger partial charge in [0.05, 0.1) is 12.2 Å². The monoisotopic (exact) mass is 281 g/mol. The molecule has 0 aliphatic heterocycles. The second-order valence-corrected chi connectivity index (χ2v) is 5.14. The predicted molar refractivity (Wildman–Crippen MR) is 75.1 cm³/mol. The smallest absolute Gasteiger partial charge is 0.341 e. The normalized spacial score (nSPS) is 10.3. The molecule has 94 valence electrons. The van der Waals surface area contributed by atoms with Gasteiger partial charge >= 0.3 is 5.97 Å². The standard InChI is InChI=1S/C13H12ClNO2S/c1-2-17-13(16)10-7-11(18-12(10)15)8-3-5-9(14)6-4-8/h3-7H,2,15H2,1H3. The van der Waals surface area contributed by atoms with Gasteiger partial charge in [0, 0.05) is 9.90 Å². The largest absolute Gasteiger partial charge is 0.462 e. The Bertz CT molecular complexity index is 563. The number of rotatable bonds is 3. The third-order valence-electron chi connectivity index (χ3n) is 2.38. The number of carbonyl (C=O) groups is 1. The van der Waals surface area contributed by atoms with Crippen LogP contribution in [0.3, 0.4) is 0 Å². The summed E-state index contributed by atoms with van der Waals surface area (Å²) >= 11 is 7.19. The zero-order chi connectivity index (χ0) is 13.1. The van der Waals surface area contributed by atoms with Crippen molar-refractivity contribution in [3.8, 4) is 10.4 Å². The van der Waals surface area contributed by atoms with Crippen molar-refractivity contribution < 1.29 is 9.53 Å². The van der Waals surface area contributed by atoms with Gasteiger partial charge < -0.3 is 10.5 Å². The summed E-state index contributed by atoms with van der Waals surface area (Å²) < 4.78 is 4.94. The lowest BCUT2D eigenvalue weighted by molar-refractivity contribution is 0.0528. The average Bonchev–Trinajstić information content (AvgIpc) is 2.72. The van der Waals surface area contributed by atoms with Gasteiger partial charge in [-0.3, -0.25) is 0 Å². The Kier molecular flexibility index (Phi) is 3.89. The molecule has 0 bridgehead atoms. The van der Waals surface area contributed by atoms with Gasteiger partial charge in [-0.1, -0.05) is 23.7 Å². The molecule has 0 amide bonds. The molecular formula is C13H12ClNO2S. The first kappa shape index (κ1) is 12.9. The van der Waals surface area contributed by atoms with Crippen molar-refractivity contribution in [1.82, 2.24) is 0 Å². The van der Waals surface area contributed by atoms with Gasteiger partial charge in [0.15, 0.2) is 0 Å². The van der Waals surface area contributed by atoms with Crippen molar-refractivity contribution in [1.29, 1.82) is 0 Å². The number of halogens is 1. The molecule has 5 heteroatoms. The maximum atomic E-state index is 11.6. The van der Waals surface area contributed by atoms with Crippen LogP contribution < -0.4 is 5.73 Å². The highest BCUT2D eigenvalue weighted by atomic mass is 35.5. The van der Waals surface area contributed by atoms with E-state index in [1.54, 1.807) is 25.1 Å². The number of nitrogen functional groups attached to an aromatic ring is 1. The summed E-state index contributed by atoms with van der Waals surface area (Å²) in [5.41, 5.74) is 7.23. The first-order valence-electron chi connectivity index (χ1n) is 5.44. The maximum absolute atomic E-state index is 11.6. The first-order chi connectivity index (χ1) is 8.61. The van der Waals surface area contributed by atoms with E-state index in [1.807, 2.05) is 12.1 Å². The molecule has 1 aromatic carbocycles. The molecule has 2 rings (SSSR count). The van der Waals surface area contributed by atoms with Gasteiger partial charge in [0.25, 0.3) is 0 Å². The van der Waals surface area contributed by atoms with Gasteiger partial charge in [-0.25, -0.2) is 4.79 Å². The van der Waals surface area contributed by atoms with Crippen LogP contribution in [0.2, 0.25) is 5.02 Å². The number of nitrogens with two attached hydrogens (primary N) is 1. The van der Waals surface area contributed by atoms with Crippen LogP contribution >= 0.6 is 22.9 Å². The van der Waals surface area contributed by atoms with E-state index in [4.69, 9.17) is 22.1 Å². The quantitative estimate of drug-likeness (QED) is 0.870. The Hall–Kier alpha value is -1.52. The molecule has 2 aromatic rings. The minimum atomic E-state index is -0.383. The van der Waals surface area contributed by atoms with E-state index in [0.717, 1.165) is 10.4 Å². The lowest BCUT2D eigenvalue weighted by Gasteiger charge is -1.98. The Labute approximate surface area is 114 Å². The predicted octanol–water partition coefficient (Wildman–Crippen LogP) is 3.83. The summed E-state index contributed by atoms with van der Waals surface area (Å²) in [6.45, 7) is 2.10. The van der Waals surface area contributed by atoms with E-state index in [-0.39, 0.29) is 5.97 Å². The average molecular weight is 282 g/mol. The highest BCUT2D eigenvalue weighted by Crippen LogP contribution is 2.34. The Balaban J connectivity index is 2.34. The SMILES string of the molecule is CCOC(=O)c1cc(-c2ccc(Cl)cc2)sc1N. The molecule has 18 heavy (non-hydrogen) atoms. The molecule has 0 atom stereocenters. The van der Waals surface area contributed by atoms with Crippen molar-refractivity contribution in [2.75, 3.05) is 12.3 Å². The van der Waals surface area contributed by atoms with Crippen LogP contribution in [0.25, 0.3) is 10.4 Å². The van der Waals surface area contributed by atoms with Crippen molar-refractivity contribution in [2.45, 2.75) is 6.92 Å². The third kappa shape index (κ3) is 2.66. The molecule has 2 N–H and O–H groups in total. The molecular weight excluding hydrogens is 270 g/mol. The fourth-order valence-corrected chi connectivity index (χ4v) is 2.58. The number of esters is 1. The van der Waals surface area contributed by atoms with Gasteiger partial charge in [-0.05, 0) is 30.7 Å². The molecule has 0 spiro atoms. The molecule has 0 aliphatic carbocycles. The number of hydrogen-bond acceptors (Lipinski definition) is 4. The summed E-state index contributed by atoms with van der Waals surface area (Å²) in [4.78, 5) is 12.6. The van der Waals surface area contributed by atoms with E-state index >= 15 is 0 Å². The van der Waals surface area contributed by atoms with Crippen LogP contribution in [-0.2, 0) is 4.74 Å². The number of carbonyl (C=O) groups excluding carboxylic acids is 1. The van der Waals surface area contributed by atoms with Crippen LogP contribution in [0.15, 0.2) is 30.3 Å². The van der Waals surface area contributed by atoms with Crippen molar-refractivity contribution in [2.24, 2.45) is 0 Å². The zero-order valence-electron chi connectivity index (χ0n) is 9.77. The van der Waals surface area contributed by atoms with Crippen LogP contribution in [-0.4, -0.2) is 12.6 Å². The van der Waals surface area contributed by atoms with Crippen molar-refractivity contribution >= 4 is 33.9 Å². The minimum absolute atomic E-state index is 0.338. The number of hydrogen-bond donors (Lipinski definition) is 1. The van der Waals surface area contributed by atoms with E-state index in [0.29, 0.717) is 22.2 Å². The molecule has 0 radical (unpaired) electrons. The fourth-order valence-electron chi connectivity index (χ4n) is 1.53. The van der Waals surface area contributed by atoms with Gasteiger partial charge in [-0.15, -0.1) is 11.3 Å². The second-order valence-electron chi connectivity index (χ2n) is 3.62. The zero-order valence-corrected chi connectivity index (χ0v) is 11.3. The summed E-state index contributed by atoms with van der Waals surface area (Å²) in [6.07, 6.45) is 0. The van der Waals surface area contributed by atoms with Gasteiger partial charge in [-0.2, -0.15) is 0 Å².